The maximum absolute atomic E-state index is 5.04. The summed E-state index contributed by atoms with van der Waals surface area (Å²) in [5, 5.41) is 7.74. The fourth-order valence-electron chi connectivity index (χ4n) is 1.96. The third-order valence-electron chi connectivity index (χ3n) is 3.36. The number of aromatic nitrogens is 3. The number of aryl methyl sites for hydroxylation is 1. The Kier molecular flexibility index (Phi) is 4.16. The fourth-order valence-corrected chi connectivity index (χ4v) is 1.96. The summed E-state index contributed by atoms with van der Waals surface area (Å²) in [6.45, 7) is 4.99. The van der Waals surface area contributed by atoms with Crippen molar-refractivity contribution >= 4 is 0 Å². The zero-order valence-corrected chi connectivity index (χ0v) is 11.8. The van der Waals surface area contributed by atoms with Crippen molar-refractivity contribution in [3.05, 3.63) is 41.3 Å². The van der Waals surface area contributed by atoms with Crippen LogP contribution in [0, 0.1) is 6.92 Å². The Morgan fingerprint density at radius 3 is 2.68 bits per heavy atom. The quantitative estimate of drug-likeness (QED) is 0.893. The highest BCUT2D eigenvalue weighted by Crippen LogP contribution is 2.16. The summed E-state index contributed by atoms with van der Waals surface area (Å²) in [5.74, 6) is 0.639. The molecule has 0 amide bonds. The molecule has 0 aliphatic heterocycles. The van der Waals surface area contributed by atoms with Gasteiger partial charge in [-0.2, -0.15) is 5.10 Å². The minimum atomic E-state index is 0.260. The molecular formula is C14H20N4O. The van der Waals surface area contributed by atoms with E-state index in [-0.39, 0.29) is 6.04 Å². The second kappa shape index (κ2) is 5.84. The number of hydrogen-bond donors (Lipinski definition) is 1. The van der Waals surface area contributed by atoms with Gasteiger partial charge in [0.1, 0.15) is 0 Å². The molecule has 2 heterocycles. The normalized spacial score (nSPS) is 12.4. The molecule has 1 unspecified atom stereocenters. The van der Waals surface area contributed by atoms with Gasteiger partial charge in [0.15, 0.2) is 0 Å². The first-order valence-electron chi connectivity index (χ1n) is 6.32. The van der Waals surface area contributed by atoms with Crippen LogP contribution in [-0.4, -0.2) is 21.9 Å². The molecule has 0 spiro atoms. The average molecular weight is 260 g/mol. The fraction of sp³-hybridized carbons (Fsp3) is 0.429. The Morgan fingerprint density at radius 2 is 2.16 bits per heavy atom. The highest BCUT2D eigenvalue weighted by Gasteiger charge is 2.11. The standard InChI is InChI=1S/C14H20N4O/c1-10(13-9-17-18(3)11(13)2)15-7-12-5-6-14(19-4)16-8-12/h5-6,8-10,15H,7H2,1-4H3. The van der Waals surface area contributed by atoms with Crippen LogP contribution in [0.2, 0.25) is 0 Å². The third kappa shape index (κ3) is 3.12. The van der Waals surface area contributed by atoms with Gasteiger partial charge in [-0.1, -0.05) is 6.07 Å². The minimum absolute atomic E-state index is 0.260. The average Bonchev–Trinajstić information content (AvgIpc) is 2.77. The van der Waals surface area contributed by atoms with E-state index in [0.29, 0.717) is 5.88 Å². The molecule has 102 valence electrons. The number of nitrogens with zero attached hydrogens (tertiary/aromatic N) is 3. The molecule has 1 atom stereocenters. The minimum Gasteiger partial charge on any atom is -0.481 e. The number of nitrogens with one attached hydrogen (secondary N) is 1. The molecule has 1 N–H and O–H groups in total. The molecule has 0 aliphatic carbocycles. The molecular weight excluding hydrogens is 240 g/mol. The van der Waals surface area contributed by atoms with Crippen molar-refractivity contribution in [3.8, 4) is 5.88 Å². The van der Waals surface area contributed by atoms with Gasteiger partial charge in [-0.25, -0.2) is 4.98 Å². The summed E-state index contributed by atoms with van der Waals surface area (Å²) in [5.41, 5.74) is 3.55. The Balaban J connectivity index is 1.96. The predicted molar refractivity (Wildman–Crippen MR) is 74.0 cm³/mol. The predicted octanol–water partition coefficient (Wildman–Crippen LogP) is 1.98. The lowest BCUT2D eigenvalue weighted by Gasteiger charge is -2.13. The van der Waals surface area contributed by atoms with Crippen molar-refractivity contribution in [3.63, 3.8) is 0 Å². The van der Waals surface area contributed by atoms with Gasteiger partial charge in [0, 0.05) is 43.2 Å². The van der Waals surface area contributed by atoms with Gasteiger partial charge in [0.25, 0.3) is 0 Å². The molecule has 0 saturated carbocycles. The summed E-state index contributed by atoms with van der Waals surface area (Å²) in [7, 11) is 3.58. The Bertz CT molecular complexity index is 533. The zero-order valence-electron chi connectivity index (χ0n) is 11.8. The molecule has 0 bridgehead atoms. The van der Waals surface area contributed by atoms with Crippen LogP contribution in [-0.2, 0) is 13.6 Å². The van der Waals surface area contributed by atoms with Crippen molar-refractivity contribution in [2.45, 2.75) is 26.4 Å². The van der Waals surface area contributed by atoms with E-state index >= 15 is 0 Å². The Morgan fingerprint density at radius 1 is 1.37 bits per heavy atom. The zero-order chi connectivity index (χ0) is 13.8. The largest absolute Gasteiger partial charge is 0.481 e. The molecule has 5 nitrogen and oxygen atoms in total. The van der Waals surface area contributed by atoms with Gasteiger partial charge in [-0.05, 0) is 19.4 Å². The lowest BCUT2D eigenvalue weighted by Crippen LogP contribution is -2.18. The summed E-state index contributed by atoms with van der Waals surface area (Å²) >= 11 is 0. The molecule has 0 aliphatic rings. The molecule has 2 aromatic heterocycles. The number of ether oxygens (including phenoxy) is 1. The van der Waals surface area contributed by atoms with Gasteiger partial charge >= 0.3 is 0 Å². The highest BCUT2D eigenvalue weighted by atomic mass is 16.5. The number of rotatable bonds is 5. The maximum Gasteiger partial charge on any atom is 0.212 e. The number of methoxy groups -OCH3 is 1. The SMILES string of the molecule is COc1ccc(CNC(C)c2cnn(C)c2C)cn1. The van der Waals surface area contributed by atoms with Crippen molar-refractivity contribution < 1.29 is 4.74 Å². The molecule has 19 heavy (non-hydrogen) atoms. The van der Waals surface area contributed by atoms with Crippen molar-refractivity contribution in [2.75, 3.05) is 7.11 Å². The van der Waals surface area contributed by atoms with E-state index in [1.165, 1.54) is 11.3 Å². The lowest BCUT2D eigenvalue weighted by molar-refractivity contribution is 0.397. The molecule has 0 aromatic carbocycles. The monoisotopic (exact) mass is 260 g/mol. The second-order valence-corrected chi connectivity index (χ2v) is 4.62. The van der Waals surface area contributed by atoms with Crippen LogP contribution in [0.4, 0.5) is 0 Å². The summed E-state index contributed by atoms with van der Waals surface area (Å²) in [4.78, 5) is 4.19. The van der Waals surface area contributed by atoms with Crippen LogP contribution in [0.5, 0.6) is 5.88 Å². The maximum atomic E-state index is 5.04. The van der Waals surface area contributed by atoms with Gasteiger partial charge < -0.3 is 10.1 Å². The molecule has 2 aromatic rings. The van der Waals surface area contributed by atoms with E-state index in [0.717, 1.165) is 12.1 Å². The Hall–Kier alpha value is -1.88. The van der Waals surface area contributed by atoms with Crippen molar-refractivity contribution in [1.82, 2.24) is 20.1 Å². The Labute approximate surface area is 113 Å². The van der Waals surface area contributed by atoms with Gasteiger partial charge in [0.05, 0.1) is 13.3 Å². The summed E-state index contributed by atoms with van der Waals surface area (Å²) in [6.07, 6.45) is 3.74. The second-order valence-electron chi connectivity index (χ2n) is 4.62. The molecule has 0 fully saturated rings. The van der Waals surface area contributed by atoms with E-state index < -0.39 is 0 Å². The van der Waals surface area contributed by atoms with Crippen LogP contribution in [0.1, 0.15) is 29.8 Å². The topological polar surface area (TPSA) is 52.0 Å². The lowest BCUT2D eigenvalue weighted by atomic mass is 10.1. The first-order chi connectivity index (χ1) is 9.11. The summed E-state index contributed by atoms with van der Waals surface area (Å²) < 4.78 is 6.93. The van der Waals surface area contributed by atoms with Crippen LogP contribution in [0.3, 0.4) is 0 Å². The van der Waals surface area contributed by atoms with Crippen molar-refractivity contribution in [2.24, 2.45) is 7.05 Å². The highest BCUT2D eigenvalue weighted by molar-refractivity contribution is 5.21. The first kappa shape index (κ1) is 13.5. The van der Waals surface area contributed by atoms with Gasteiger partial charge in [-0.15, -0.1) is 0 Å². The smallest absolute Gasteiger partial charge is 0.212 e. The van der Waals surface area contributed by atoms with Crippen LogP contribution in [0.25, 0.3) is 0 Å². The van der Waals surface area contributed by atoms with Crippen molar-refractivity contribution in [1.29, 1.82) is 0 Å². The molecule has 0 radical (unpaired) electrons. The van der Waals surface area contributed by atoms with Crippen LogP contribution in [0.15, 0.2) is 24.5 Å². The third-order valence-corrected chi connectivity index (χ3v) is 3.36. The van der Waals surface area contributed by atoms with Crippen LogP contribution >= 0.6 is 0 Å². The van der Waals surface area contributed by atoms with Gasteiger partial charge in [-0.3, -0.25) is 4.68 Å². The van der Waals surface area contributed by atoms with E-state index in [1.54, 1.807) is 7.11 Å². The van der Waals surface area contributed by atoms with E-state index in [1.807, 2.05) is 36.3 Å². The van der Waals surface area contributed by atoms with Gasteiger partial charge in [0.2, 0.25) is 5.88 Å². The van der Waals surface area contributed by atoms with E-state index in [9.17, 15) is 0 Å². The van der Waals surface area contributed by atoms with E-state index in [2.05, 4.69) is 29.2 Å². The summed E-state index contributed by atoms with van der Waals surface area (Å²) in [6, 6.07) is 4.15. The number of hydrogen-bond acceptors (Lipinski definition) is 4. The molecule has 2 rings (SSSR count). The number of pyridine rings is 1. The van der Waals surface area contributed by atoms with Crippen LogP contribution < -0.4 is 10.1 Å². The molecule has 0 saturated heterocycles. The molecule has 5 heteroatoms. The van der Waals surface area contributed by atoms with E-state index in [4.69, 9.17) is 4.74 Å². The first-order valence-corrected chi connectivity index (χ1v) is 6.32.